The highest BCUT2D eigenvalue weighted by Gasteiger charge is 2.26. The third kappa shape index (κ3) is 4.19. The van der Waals surface area contributed by atoms with Crippen molar-refractivity contribution in [2.75, 3.05) is 19.6 Å². The van der Waals surface area contributed by atoms with Gasteiger partial charge >= 0.3 is 0 Å². The number of hydrogen-bond acceptors (Lipinski definition) is 4. The molecule has 26 heavy (non-hydrogen) atoms. The Morgan fingerprint density at radius 3 is 2.81 bits per heavy atom. The average molecular weight is 356 g/mol. The molecule has 8 nitrogen and oxygen atoms in total. The monoisotopic (exact) mass is 356 g/mol. The predicted molar refractivity (Wildman–Crippen MR) is 100 cm³/mol. The molecule has 0 bridgehead atoms. The molecule has 0 amide bonds. The molecule has 2 aromatic rings. The van der Waals surface area contributed by atoms with E-state index in [0.29, 0.717) is 12.5 Å². The lowest BCUT2D eigenvalue weighted by molar-refractivity contribution is -0.384. The first kappa shape index (κ1) is 17.9. The van der Waals surface area contributed by atoms with Crippen molar-refractivity contribution < 1.29 is 4.92 Å². The third-order valence-corrected chi connectivity index (χ3v) is 4.58. The van der Waals surface area contributed by atoms with E-state index in [1.54, 1.807) is 12.1 Å². The molecule has 1 N–H and O–H groups in total. The van der Waals surface area contributed by atoms with Gasteiger partial charge in [0.15, 0.2) is 5.96 Å². The first-order valence-corrected chi connectivity index (χ1v) is 8.82. The summed E-state index contributed by atoms with van der Waals surface area (Å²) in [6.45, 7) is 5.21. The van der Waals surface area contributed by atoms with Crippen LogP contribution in [0.25, 0.3) is 0 Å². The Morgan fingerprint density at radius 1 is 1.42 bits per heavy atom. The fourth-order valence-corrected chi connectivity index (χ4v) is 3.19. The van der Waals surface area contributed by atoms with Gasteiger partial charge in [-0.25, -0.2) is 4.99 Å². The average Bonchev–Trinajstić information content (AvgIpc) is 3.28. The van der Waals surface area contributed by atoms with Crippen LogP contribution in [0.3, 0.4) is 0 Å². The van der Waals surface area contributed by atoms with Crippen LogP contribution < -0.4 is 5.32 Å². The molecule has 1 saturated heterocycles. The molecule has 138 valence electrons. The summed E-state index contributed by atoms with van der Waals surface area (Å²) in [5.74, 6) is 1.35. The zero-order chi connectivity index (χ0) is 18.5. The number of likely N-dealkylation sites (tertiary alicyclic amines) is 1. The molecule has 1 aromatic heterocycles. The van der Waals surface area contributed by atoms with Gasteiger partial charge < -0.3 is 10.2 Å². The third-order valence-electron chi connectivity index (χ3n) is 4.58. The van der Waals surface area contributed by atoms with Crippen LogP contribution in [0.5, 0.6) is 0 Å². The normalized spacial score (nSPS) is 17.5. The molecule has 0 spiro atoms. The van der Waals surface area contributed by atoms with Gasteiger partial charge in [0, 0.05) is 50.9 Å². The molecule has 0 aliphatic carbocycles. The quantitative estimate of drug-likeness (QED) is 0.384. The van der Waals surface area contributed by atoms with E-state index >= 15 is 0 Å². The van der Waals surface area contributed by atoms with E-state index < -0.39 is 0 Å². The van der Waals surface area contributed by atoms with Crippen molar-refractivity contribution in [2.45, 2.75) is 25.8 Å². The highest BCUT2D eigenvalue weighted by Crippen LogP contribution is 2.26. The van der Waals surface area contributed by atoms with Crippen molar-refractivity contribution >= 4 is 11.6 Å². The number of non-ortho nitro benzene ring substituents is 1. The first-order chi connectivity index (χ1) is 12.6. The number of aliphatic imine (C=N–C) groups is 1. The first-order valence-electron chi connectivity index (χ1n) is 8.82. The van der Waals surface area contributed by atoms with Gasteiger partial charge in [0.05, 0.1) is 17.7 Å². The zero-order valence-electron chi connectivity index (χ0n) is 15.1. The number of nitrogens with one attached hydrogen (secondary N) is 1. The smallest absolute Gasteiger partial charge is 0.269 e. The summed E-state index contributed by atoms with van der Waals surface area (Å²) < 4.78 is 1.84. The molecule has 1 aromatic carbocycles. The molecule has 0 saturated carbocycles. The Balaban J connectivity index is 1.66. The van der Waals surface area contributed by atoms with Crippen molar-refractivity contribution in [1.29, 1.82) is 0 Å². The van der Waals surface area contributed by atoms with Crippen molar-refractivity contribution in [3.8, 4) is 0 Å². The Bertz CT molecular complexity index is 783. The second kappa shape index (κ2) is 7.99. The van der Waals surface area contributed by atoms with Gasteiger partial charge in [0.25, 0.3) is 5.69 Å². The largest absolute Gasteiger partial charge is 0.357 e. The van der Waals surface area contributed by atoms with Crippen LogP contribution in [-0.4, -0.2) is 45.2 Å². The second-order valence-electron chi connectivity index (χ2n) is 6.47. The molecule has 1 fully saturated rings. The predicted octanol–water partition coefficient (Wildman–Crippen LogP) is 2.28. The maximum Gasteiger partial charge on any atom is 0.269 e. The molecular weight excluding hydrogens is 332 g/mol. The minimum Gasteiger partial charge on any atom is -0.357 e. The number of benzene rings is 1. The maximum atomic E-state index is 10.7. The number of guanidine groups is 1. The lowest BCUT2D eigenvalue weighted by Gasteiger charge is -2.21. The highest BCUT2D eigenvalue weighted by atomic mass is 16.6. The number of aryl methyl sites for hydroxylation is 1. The molecular formula is C18H24N6O2. The van der Waals surface area contributed by atoms with Crippen LogP contribution in [0, 0.1) is 10.1 Å². The van der Waals surface area contributed by atoms with Crippen molar-refractivity contribution in [3.63, 3.8) is 0 Å². The van der Waals surface area contributed by atoms with Gasteiger partial charge in [-0.05, 0) is 24.5 Å². The van der Waals surface area contributed by atoms with Crippen molar-refractivity contribution in [1.82, 2.24) is 20.0 Å². The van der Waals surface area contributed by atoms with Gasteiger partial charge in [-0.1, -0.05) is 12.1 Å². The molecule has 8 heteroatoms. The number of aromatic nitrogens is 2. The minimum absolute atomic E-state index is 0.100. The summed E-state index contributed by atoms with van der Waals surface area (Å²) in [4.78, 5) is 17.3. The van der Waals surface area contributed by atoms with E-state index in [1.165, 1.54) is 17.7 Å². The molecule has 0 radical (unpaired) electrons. The number of hydrogen-bond donors (Lipinski definition) is 1. The van der Waals surface area contributed by atoms with Crippen LogP contribution in [0.4, 0.5) is 5.69 Å². The number of nitrogens with zero attached hydrogens (tertiary/aromatic N) is 5. The lowest BCUT2D eigenvalue weighted by Crippen LogP contribution is -2.40. The van der Waals surface area contributed by atoms with Crippen LogP contribution in [0.15, 0.2) is 41.7 Å². The van der Waals surface area contributed by atoms with E-state index in [0.717, 1.165) is 37.6 Å². The Hall–Kier alpha value is -2.90. The van der Waals surface area contributed by atoms with Crippen LogP contribution in [0.2, 0.25) is 0 Å². The van der Waals surface area contributed by atoms with E-state index in [2.05, 4.69) is 28.4 Å². The molecule has 1 aliphatic rings. The van der Waals surface area contributed by atoms with Gasteiger partial charge in [0.1, 0.15) is 0 Å². The molecule has 1 aliphatic heterocycles. The van der Waals surface area contributed by atoms with Gasteiger partial charge in [-0.2, -0.15) is 5.10 Å². The topological polar surface area (TPSA) is 88.6 Å². The number of nitro groups is 1. The summed E-state index contributed by atoms with van der Waals surface area (Å²) in [7, 11) is 1.94. The second-order valence-corrected chi connectivity index (χ2v) is 6.47. The Kier molecular flexibility index (Phi) is 5.50. The SMILES string of the molecule is CCNC(=NCc1ccc([N+](=O)[O-])cc1)N1CCC(c2cnn(C)c2)C1. The number of rotatable bonds is 5. The van der Waals surface area contributed by atoms with Crippen LogP contribution in [-0.2, 0) is 13.6 Å². The Morgan fingerprint density at radius 2 is 2.19 bits per heavy atom. The number of nitro benzene ring substituents is 1. The fraction of sp³-hybridized carbons (Fsp3) is 0.444. The lowest BCUT2D eigenvalue weighted by atomic mass is 10.0. The summed E-state index contributed by atoms with van der Waals surface area (Å²) in [5.41, 5.74) is 2.32. The summed E-state index contributed by atoms with van der Waals surface area (Å²) in [6.07, 6.45) is 5.10. The van der Waals surface area contributed by atoms with Crippen molar-refractivity contribution in [3.05, 3.63) is 57.9 Å². The van der Waals surface area contributed by atoms with Gasteiger partial charge in [0.2, 0.25) is 0 Å². The molecule has 3 rings (SSSR count). The van der Waals surface area contributed by atoms with Crippen LogP contribution >= 0.6 is 0 Å². The minimum atomic E-state index is -0.389. The summed E-state index contributed by atoms with van der Waals surface area (Å²) >= 11 is 0. The van der Waals surface area contributed by atoms with Crippen LogP contribution in [0.1, 0.15) is 30.4 Å². The molecule has 2 heterocycles. The van der Waals surface area contributed by atoms with Crippen molar-refractivity contribution in [2.24, 2.45) is 12.0 Å². The summed E-state index contributed by atoms with van der Waals surface area (Å²) in [6, 6.07) is 6.55. The molecule has 1 unspecified atom stereocenters. The van der Waals surface area contributed by atoms with Gasteiger partial charge in [-0.15, -0.1) is 0 Å². The molecule has 1 atom stereocenters. The zero-order valence-corrected chi connectivity index (χ0v) is 15.1. The highest BCUT2D eigenvalue weighted by molar-refractivity contribution is 5.80. The Labute approximate surface area is 152 Å². The van der Waals surface area contributed by atoms with Gasteiger partial charge in [-0.3, -0.25) is 14.8 Å². The van der Waals surface area contributed by atoms with E-state index in [1.807, 2.05) is 17.9 Å². The fourth-order valence-electron chi connectivity index (χ4n) is 3.19. The maximum absolute atomic E-state index is 10.7. The summed E-state index contributed by atoms with van der Waals surface area (Å²) in [5, 5.41) is 18.4. The van der Waals surface area contributed by atoms with E-state index in [-0.39, 0.29) is 10.6 Å². The van der Waals surface area contributed by atoms with E-state index in [4.69, 9.17) is 4.99 Å². The standard InChI is InChI=1S/C18H24N6O2/c1-3-19-18(20-10-14-4-6-17(7-5-14)24(25)26)23-9-8-15(13-23)16-11-21-22(2)12-16/h4-7,11-12,15H,3,8-10,13H2,1-2H3,(H,19,20). The van der Waals surface area contributed by atoms with E-state index in [9.17, 15) is 10.1 Å².